The third kappa shape index (κ3) is 5.83. The minimum atomic E-state index is -0.246. The molecule has 0 bridgehead atoms. The minimum Gasteiger partial charge on any atom is -0.376 e. The summed E-state index contributed by atoms with van der Waals surface area (Å²) in [7, 11) is 0. The maximum Gasteiger partial charge on any atom is 0.253 e. The fourth-order valence-corrected chi connectivity index (χ4v) is 4.80. The van der Waals surface area contributed by atoms with E-state index in [1.165, 1.54) is 17.2 Å². The molecule has 6 heteroatoms. The van der Waals surface area contributed by atoms with Gasteiger partial charge < -0.3 is 20.3 Å². The maximum absolute atomic E-state index is 13.3. The number of nitrogens with zero attached hydrogens (tertiary/aromatic N) is 1. The summed E-state index contributed by atoms with van der Waals surface area (Å²) in [5.74, 6) is -0.403. The molecule has 0 radical (unpaired) electrons. The van der Waals surface area contributed by atoms with Crippen molar-refractivity contribution in [2.45, 2.75) is 31.9 Å². The van der Waals surface area contributed by atoms with E-state index < -0.39 is 0 Å². The van der Waals surface area contributed by atoms with Crippen LogP contribution in [0.5, 0.6) is 0 Å². The summed E-state index contributed by atoms with van der Waals surface area (Å²) in [6, 6.07) is 23.7. The van der Waals surface area contributed by atoms with Gasteiger partial charge in [0.25, 0.3) is 5.91 Å². The number of anilines is 2. The smallest absolute Gasteiger partial charge is 0.253 e. The van der Waals surface area contributed by atoms with E-state index in [0.29, 0.717) is 17.8 Å². The van der Waals surface area contributed by atoms with E-state index in [1.54, 1.807) is 12.1 Å². The quantitative estimate of drug-likeness (QED) is 0.475. The number of nitrogens with one attached hydrogen (secondary N) is 2. The fourth-order valence-electron chi connectivity index (χ4n) is 4.80. The fraction of sp³-hybridized carbons (Fsp3) is 0.267. The van der Waals surface area contributed by atoms with Gasteiger partial charge in [-0.3, -0.25) is 9.59 Å². The van der Waals surface area contributed by atoms with E-state index in [0.717, 1.165) is 50.2 Å². The number of hydrogen-bond acceptors (Lipinski definition) is 4. The summed E-state index contributed by atoms with van der Waals surface area (Å²) >= 11 is 0. The summed E-state index contributed by atoms with van der Waals surface area (Å²) < 4.78 is 5.67. The Bertz CT molecular complexity index is 1250. The number of carbonyl (C=O) groups excluding carboxylic acids is 2. The molecule has 1 fully saturated rings. The molecule has 2 aliphatic heterocycles. The molecule has 1 unspecified atom stereocenters. The SMILES string of the molecule is O=C(C=Cc1ccccc1)Nc1ccc(N2CCc3ccccc3C2)c(C(=O)NCC2CCCO2)c1. The molecule has 0 aromatic heterocycles. The van der Waals surface area contributed by atoms with Crippen molar-refractivity contribution >= 4 is 29.3 Å². The Morgan fingerprint density at radius 1 is 1.00 bits per heavy atom. The van der Waals surface area contributed by atoms with Crippen LogP contribution < -0.4 is 15.5 Å². The molecular weight excluding hydrogens is 450 g/mol. The lowest BCUT2D eigenvalue weighted by molar-refractivity contribution is -0.111. The highest BCUT2D eigenvalue weighted by Crippen LogP contribution is 2.30. The summed E-state index contributed by atoms with van der Waals surface area (Å²) in [4.78, 5) is 28.1. The number of ether oxygens (including phenoxy) is 1. The molecule has 0 saturated carbocycles. The van der Waals surface area contributed by atoms with Gasteiger partial charge in [-0.2, -0.15) is 0 Å². The minimum absolute atomic E-state index is 0.0604. The van der Waals surface area contributed by atoms with Crippen LogP contribution in [0.25, 0.3) is 6.08 Å². The summed E-state index contributed by atoms with van der Waals surface area (Å²) in [5.41, 5.74) is 5.58. The van der Waals surface area contributed by atoms with Crippen LogP contribution in [0, 0.1) is 0 Å². The Labute approximate surface area is 212 Å². The molecule has 5 rings (SSSR count). The largest absolute Gasteiger partial charge is 0.376 e. The molecule has 1 saturated heterocycles. The topological polar surface area (TPSA) is 70.7 Å². The monoisotopic (exact) mass is 481 g/mol. The molecule has 6 nitrogen and oxygen atoms in total. The molecule has 0 spiro atoms. The molecule has 36 heavy (non-hydrogen) atoms. The van der Waals surface area contributed by atoms with Gasteiger partial charge in [0, 0.05) is 43.7 Å². The Hall–Kier alpha value is -3.90. The van der Waals surface area contributed by atoms with Crippen molar-refractivity contribution in [2.24, 2.45) is 0 Å². The standard InChI is InChI=1S/C30H31N3O3/c34-29(15-12-22-7-2-1-3-8-22)32-25-13-14-28(33-17-16-23-9-4-5-10-24(23)21-33)27(19-25)30(35)31-20-26-11-6-18-36-26/h1-5,7-10,12-15,19,26H,6,11,16-18,20-21H2,(H,31,35)(H,32,34). The van der Waals surface area contributed by atoms with Gasteiger partial charge >= 0.3 is 0 Å². The van der Waals surface area contributed by atoms with Gasteiger partial charge in [0.2, 0.25) is 5.91 Å². The second kappa shape index (κ2) is 11.2. The van der Waals surface area contributed by atoms with Crippen molar-refractivity contribution in [3.63, 3.8) is 0 Å². The van der Waals surface area contributed by atoms with E-state index in [9.17, 15) is 9.59 Å². The molecule has 2 N–H and O–H groups in total. The van der Waals surface area contributed by atoms with E-state index in [2.05, 4.69) is 39.8 Å². The van der Waals surface area contributed by atoms with Crippen LogP contribution in [0.2, 0.25) is 0 Å². The zero-order chi connectivity index (χ0) is 24.7. The number of rotatable bonds is 7. The van der Waals surface area contributed by atoms with Crippen LogP contribution in [0.3, 0.4) is 0 Å². The Kier molecular flexibility index (Phi) is 7.43. The first-order valence-electron chi connectivity index (χ1n) is 12.6. The van der Waals surface area contributed by atoms with Crippen molar-refractivity contribution in [3.8, 4) is 0 Å². The molecule has 0 aliphatic carbocycles. The number of hydrogen-bond donors (Lipinski definition) is 2. The molecule has 2 amide bonds. The Morgan fingerprint density at radius 3 is 2.61 bits per heavy atom. The van der Waals surface area contributed by atoms with Gasteiger partial charge in [-0.25, -0.2) is 0 Å². The lowest BCUT2D eigenvalue weighted by atomic mass is 9.98. The molecular formula is C30H31N3O3. The number of benzene rings is 3. The molecule has 3 aromatic rings. The second-order valence-corrected chi connectivity index (χ2v) is 9.25. The van der Waals surface area contributed by atoms with Crippen LogP contribution in [0.4, 0.5) is 11.4 Å². The van der Waals surface area contributed by atoms with Gasteiger partial charge in [-0.15, -0.1) is 0 Å². The lowest BCUT2D eigenvalue weighted by Crippen LogP contribution is -2.35. The van der Waals surface area contributed by atoms with Crippen LogP contribution in [-0.4, -0.2) is 37.6 Å². The second-order valence-electron chi connectivity index (χ2n) is 9.25. The summed E-state index contributed by atoms with van der Waals surface area (Å²) in [6.45, 7) is 2.80. The van der Waals surface area contributed by atoms with Crippen LogP contribution in [-0.2, 0) is 22.5 Å². The van der Waals surface area contributed by atoms with Gasteiger partial charge in [-0.1, -0.05) is 54.6 Å². The van der Waals surface area contributed by atoms with Crippen molar-refractivity contribution in [1.29, 1.82) is 0 Å². The summed E-state index contributed by atoms with van der Waals surface area (Å²) in [5, 5.41) is 5.95. The van der Waals surface area contributed by atoms with E-state index in [4.69, 9.17) is 4.74 Å². The predicted molar refractivity (Wildman–Crippen MR) is 143 cm³/mol. The van der Waals surface area contributed by atoms with Crippen molar-refractivity contribution < 1.29 is 14.3 Å². The molecule has 2 heterocycles. The van der Waals surface area contributed by atoms with Crippen molar-refractivity contribution in [2.75, 3.05) is 29.9 Å². The highest BCUT2D eigenvalue weighted by atomic mass is 16.5. The van der Waals surface area contributed by atoms with Crippen molar-refractivity contribution in [3.05, 3.63) is 101 Å². The highest BCUT2D eigenvalue weighted by Gasteiger charge is 2.23. The highest BCUT2D eigenvalue weighted by molar-refractivity contribution is 6.05. The van der Waals surface area contributed by atoms with Gasteiger partial charge in [0.1, 0.15) is 0 Å². The van der Waals surface area contributed by atoms with Gasteiger partial charge in [0.05, 0.1) is 11.7 Å². The van der Waals surface area contributed by atoms with Gasteiger partial charge in [0.15, 0.2) is 0 Å². The average molecular weight is 482 g/mol. The number of fused-ring (bicyclic) bond motifs is 1. The predicted octanol–water partition coefficient (Wildman–Crippen LogP) is 4.81. The summed E-state index contributed by atoms with van der Waals surface area (Å²) in [6.07, 6.45) is 6.24. The molecule has 2 aliphatic rings. The number of carbonyl (C=O) groups is 2. The van der Waals surface area contributed by atoms with E-state index in [1.807, 2.05) is 42.5 Å². The Morgan fingerprint density at radius 2 is 1.81 bits per heavy atom. The zero-order valence-corrected chi connectivity index (χ0v) is 20.3. The van der Waals surface area contributed by atoms with E-state index in [-0.39, 0.29) is 17.9 Å². The maximum atomic E-state index is 13.3. The third-order valence-corrected chi connectivity index (χ3v) is 6.72. The number of amides is 2. The first-order valence-corrected chi connectivity index (χ1v) is 12.6. The van der Waals surface area contributed by atoms with Gasteiger partial charge in [-0.05, 0) is 60.2 Å². The molecule has 1 atom stereocenters. The lowest BCUT2D eigenvalue weighted by Gasteiger charge is -2.32. The van der Waals surface area contributed by atoms with Crippen LogP contribution in [0.15, 0.2) is 78.9 Å². The average Bonchev–Trinajstić information content (AvgIpc) is 3.45. The van der Waals surface area contributed by atoms with Crippen LogP contribution in [0.1, 0.15) is 39.9 Å². The third-order valence-electron chi connectivity index (χ3n) is 6.72. The first kappa shape index (κ1) is 23.8. The molecule has 184 valence electrons. The normalized spacial score (nSPS) is 17.1. The van der Waals surface area contributed by atoms with Crippen molar-refractivity contribution in [1.82, 2.24) is 5.32 Å². The Balaban J connectivity index is 1.35. The van der Waals surface area contributed by atoms with Crippen LogP contribution >= 0.6 is 0 Å². The first-order chi connectivity index (χ1) is 17.7. The van der Waals surface area contributed by atoms with E-state index >= 15 is 0 Å². The molecule has 3 aromatic carbocycles. The zero-order valence-electron chi connectivity index (χ0n) is 20.3.